The molecular weight excluding hydrogens is 236 g/mol. The van der Waals surface area contributed by atoms with Gasteiger partial charge in [-0.25, -0.2) is 9.67 Å². The van der Waals surface area contributed by atoms with Crippen LogP contribution in [-0.4, -0.2) is 20.7 Å². The van der Waals surface area contributed by atoms with E-state index in [0.717, 1.165) is 10.6 Å². The summed E-state index contributed by atoms with van der Waals surface area (Å²) in [6.07, 6.45) is 2.94. The Kier molecular flexibility index (Phi) is 3.23. The van der Waals surface area contributed by atoms with Gasteiger partial charge < -0.3 is 5.32 Å². The third-order valence-corrected chi connectivity index (χ3v) is 3.94. The van der Waals surface area contributed by atoms with Crippen LogP contribution in [0.5, 0.6) is 0 Å². The van der Waals surface area contributed by atoms with E-state index >= 15 is 0 Å². The number of nitrogens with one attached hydrogen (secondary N) is 1. The third kappa shape index (κ3) is 2.52. The number of anilines is 1. The molecule has 2 heterocycles. The molecule has 1 amide bonds. The number of carbonyl (C=O) groups is 1. The Morgan fingerprint density at radius 1 is 1.41 bits per heavy atom. The monoisotopic (exact) mass is 250 g/mol. The molecule has 0 aromatic carbocycles. The highest BCUT2D eigenvalue weighted by molar-refractivity contribution is 7.16. The van der Waals surface area contributed by atoms with Crippen molar-refractivity contribution in [3.05, 3.63) is 28.7 Å². The van der Waals surface area contributed by atoms with Crippen molar-refractivity contribution in [2.24, 2.45) is 0 Å². The molecule has 2 aromatic rings. The largest absolute Gasteiger partial charge is 0.316 e. The summed E-state index contributed by atoms with van der Waals surface area (Å²) in [5.41, 5.74) is 2.38. The number of aryl methyl sites for hydroxylation is 1. The number of hydrogen-bond donors (Lipinski definition) is 1. The van der Waals surface area contributed by atoms with Crippen molar-refractivity contribution in [1.82, 2.24) is 14.8 Å². The summed E-state index contributed by atoms with van der Waals surface area (Å²) >= 11 is 1.60. The second-order valence-electron chi connectivity index (χ2n) is 3.88. The molecule has 2 aromatic heterocycles. The van der Waals surface area contributed by atoms with Gasteiger partial charge in [-0.3, -0.25) is 4.79 Å². The van der Waals surface area contributed by atoms with Crippen molar-refractivity contribution in [2.75, 3.05) is 5.32 Å². The Labute approximate surface area is 103 Å². The van der Waals surface area contributed by atoms with Crippen LogP contribution in [0.25, 0.3) is 0 Å². The fourth-order valence-corrected chi connectivity index (χ4v) is 2.57. The van der Waals surface area contributed by atoms with Gasteiger partial charge in [-0.15, -0.1) is 11.3 Å². The van der Waals surface area contributed by atoms with Crippen molar-refractivity contribution in [1.29, 1.82) is 0 Å². The first-order valence-corrected chi connectivity index (χ1v) is 6.08. The van der Waals surface area contributed by atoms with Crippen LogP contribution in [0.15, 0.2) is 12.7 Å². The topological polar surface area (TPSA) is 59.8 Å². The van der Waals surface area contributed by atoms with Gasteiger partial charge in [-0.05, 0) is 31.9 Å². The van der Waals surface area contributed by atoms with E-state index in [9.17, 15) is 4.79 Å². The molecule has 0 aliphatic carbocycles. The van der Waals surface area contributed by atoms with Crippen LogP contribution in [0, 0.1) is 20.8 Å². The van der Waals surface area contributed by atoms with Gasteiger partial charge in [-0.1, -0.05) is 0 Å². The lowest BCUT2D eigenvalue weighted by atomic mass is 10.2. The summed E-state index contributed by atoms with van der Waals surface area (Å²) in [5, 5.41) is 7.71. The lowest BCUT2D eigenvalue weighted by molar-refractivity contribution is -0.116. The van der Waals surface area contributed by atoms with E-state index in [0.29, 0.717) is 0 Å². The van der Waals surface area contributed by atoms with Gasteiger partial charge in [-0.2, -0.15) is 5.10 Å². The Morgan fingerprint density at radius 3 is 2.71 bits per heavy atom. The van der Waals surface area contributed by atoms with E-state index < -0.39 is 0 Å². The maximum atomic E-state index is 11.8. The molecule has 0 unspecified atom stereocenters. The molecule has 1 N–H and O–H groups in total. The highest BCUT2D eigenvalue weighted by atomic mass is 32.1. The summed E-state index contributed by atoms with van der Waals surface area (Å²) in [5.74, 6) is -0.0835. The third-order valence-electron chi connectivity index (χ3n) is 2.71. The second-order valence-corrected chi connectivity index (χ2v) is 5.10. The first kappa shape index (κ1) is 11.8. The molecule has 2 rings (SSSR count). The summed E-state index contributed by atoms with van der Waals surface area (Å²) in [4.78, 5) is 16.8. The molecule has 0 fully saturated rings. The zero-order valence-electron chi connectivity index (χ0n) is 10.0. The van der Waals surface area contributed by atoms with E-state index in [4.69, 9.17) is 0 Å². The highest BCUT2D eigenvalue weighted by Crippen LogP contribution is 2.31. The number of aromatic nitrogens is 3. The van der Waals surface area contributed by atoms with Crippen LogP contribution in [0.3, 0.4) is 0 Å². The molecule has 0 atom stereocenters. The summed E-state index contributed by atoms with van der Waals surface area (Å²) in [7, 11) is 0. The molecule has 5 nitrogen and oxygen atoms in total. The normalized spacial score (nSPS) is 10.5. The lowest BCUT2D eigenvalue weighted by Crippen LogP contribution is -2.18. The number of hydrogen-bond acceptors (Lipinski definition) is 4. The molecule has 17 heavy (non-hydrogen) atoms. The molecule has 0 bridgehead atoms. The van der Waals surface area contributed by atoms with Crippen LogP contribution in [-0.2, 0) is 11.3 Å². The minimum atomic E-state index is -0.0835. The van der Waals surface area contributed by atoms with E-state index in [2.05, 4.69) is 29.2 Å². The first-order valence-electron chi connectivity index (χ1n) is 5.26. The lowest BCUT2D eigenvalue weighted by Gasteiger charge is -2.03. The maximum Gasteiger partial charge on any atom is 0.246 e. The van der Waals surface area contributed by atoms with E-state index in [1.54, 1.807) is 11.3 Å². The molecular formula is C11H14N4OS. The SMILES string of the molecule is Cc1sc(NC(=O)Cn2cncn2)c(C)c1C. The Balaban J connectivity index is 2.06. The van der Waals surface area contributed by atoms with Crippen LogP contribution in [0.2, 0.25) is 0 Å². The zero-order valence-corrected chi connectivity index (χ0v) is 10.8. The van der Waals surface area contributed by atoms with Crippen LogP contribution < -0.4 is 5.32 Å². The number of rotatable bonds is 3. The van der Waals surface area contributed by atoms with Gasteiger partial charge in [0.05, 0.1) is 5.00 Å². The predicted octanol–water partition coefficient (Wildman–Crippen LogP) is 1.90. The Hall–Kier alpha value is -1.69. The van der Waals surface area contributed by atoms with Crippen molar-refractivity contribution < 1.29 is 4.79 Å². The highest BCUT2D eigenvalue weighted by Gasteiger charge is 2.11. The molecule has 0 radical (unpaired) electrons. The molecule has 0 saturated carbocycles. The fourth-order valence-electron chi connectivity index (χ4n) is 1.49. The fraction of sp³-hybridized carbons (Fsp3) is 0.364. The van der Waals surface area contributed by atoms with Gasteiger partial charge in [0.25, 0.3) is 0 Å². The zero-order chi connectivity index (χ0) is 12.4. The first-order chi connectivity index (χ1) is 8.08. The van der Waals surface area contributed by atoms with Crippen molar-refractivity contribution in [2.45, 2.75) is 27.3 Å². The van der Waals surface area contributed by atoms with Crippen LogP contribution >= 0.6 is 11.3 Å². The Bertz CT molecular complexity index is 530. The average Bonchev–Trinajstić information content (AvgIpc) is 2.85. The molecule has 6 heteroatoms. The second kappa shape index (κ2) is 4.67. The van der Waals surface area contributed by atoms with Gasteiger partial charge in [0.15, 0.2) is 0 Å². The quantitative estimate of drug-likeness (QED) is 0.905. The van der Waals surface area contributed by atoms with Crippen molar-refractivity contribution in [3.63, 3.8) is 0 Å². The average molecular weight is 250 g/mol. The Morgan fingerprint density at radius 2 is 2.18 bits per heavy atom. The molecule has 0 spiro atoms. The van der Waals surface area contributed by atoms with Crippen molar-refractivity contribution in [3.8, 4) is 0 Å². The minimum absolute atomic E-state index is 0.0835. The summed E-state index contributed by atoms with van der Waals surface area (Å²) in [6.45, 7) is 6.33. The molecule has 0 saturated heterocycles. The van der Waals surface area contributed by atoms with E-state index in [-0.39, 0.29) is 12.5 Å². The van der Waals surface area contributed by atoms with Gasteiger partial charge in [0.2, 0.25) is 5.91 Å². The summed E-state index contributed by atoms with van der Waals surface area (Å²) in [6, 6.07) is 0. The predicted molar refractivity (Wildman–Crippen MR) is 67.2 cm³/mol. The number of carbonyl (C=O) groups excluding carboxylic acids is 1. The number of thiophene rings is 1. The maximum absolute atomic E-state index is 11.8. The van der Waals surface area contributed by atoms with E-state index in [1.807, 2.05) is 6.92 Å². The summed E-state index contributed by atoms with van der Waals surface area (Å²) < 4.78 is 1.50. The number of amides is 1. The van der Waals surface area contributed by atoms with E-state index in [1.165, 1.54) is 27.8 Å². The molecule has 0 aliphatic heterocycles. The molecule has 90 valence electrons. The number of nitrogens with zero attached hydrogens (tertiary/aromatic N) is 3. The minimum Gasteiger partial charge on any atom is -0.316 e. The standard InChI is InChI=1S/C11H14N4OS/c1-7-8(2)11(17-9(7)3)14-10(16)4-15-6-12-5-13-15/h5-6H,4H2,1-3H3,(H,14,16). The van der Waals surface area contributed by atoms with Gasteiger partial charge in [0.1, 0.15) is 19.2 Å². The smallest absolute Gasteiger partial charge is 0.246 e. The van der Waals surface area contributed by atoms with Crippen LogP contribution in [0.1, 0.15) is 16.0 Å². The van der Waals surface area contributed by atoms with Gasteiger partial charge in [0, 0.05) is 4.88 Å². The van der Waals surface area contributed by atoms with Crippen molar-refractivity contribution >= 4 is 22.2 Å². The van der Waals surface area contributed by atoms with Gasteiger partial charge >= 0.3 is 0 Å². The van der Waals surface area contributed by atoms with Crippen LogP contribution in [0.4, 0.5) is 5.00 Å². The molecule has 0 aliphatic rings.